The van der Waals surface area contributed by atoms with Gasteiger partial charge in [0.1, 0.15) is 0 Å². The van der Waals surface area contributed by atoms with Crippen molar-refractivity contribution in [2.24, 2.45) is 0 Å². The van der Waals surface area contributed by atoms with Crippen molar-refractivity contribution in [3.05, 3.63) is 89.5 Å². The smallest absolute Gasteiger partial charge is 0.261 e. The van der Waals surface area contributed by atoms with Crippen LogP contribution in [0.5, 0.6) is 0 Å². The van der Waals surface area contributed by atoms with Crippen LogP contribution >= 0.6 is 0 Å². The summed E-state index contributed by atoms with van der Waals surface area (Å²) in [4.78, 5) is 39.3. The fraction of sp³-hybridized carbons (Fsp3) is 0.160. The molecular weight excluding hydrogens is 376 g/mol. The third-order valence-corrected chi connectivity index (χ3v) is 5.23. The zero-order valence-electron chi connectivity index (χ0n) is 16.7. The van der Waals surface area contributed by atoms with Crippen molar-refractivity contribution in [2.75, 3.05) is 11.9 Å². The molecule has 0 aliphatic carbocycles. The third-order valence-electron chi connectivity index (χ3n) is 5.23. The highest BCUT2D eigenvalue weighted by Crippen LogP contribution is 2.29. The van der Waals surface area contributed by atoms with Gasteiger partial charge in [-0.05, 0) is 36.2 Å². The van der Waals surface area contributed by atoms with Crippen molar-refractivity contribution in [3.8, 4) is 11.1 Å². The number of nitrogens with zero attached hydrogens (tertiary/aromatic N) is 1. The normalized spacial score (nSPS) is 12.8. The van der Waals surface area contributed by atoms with E-state index in [9.17, 15) is 14.4 Å². The molecule has 0 bridgehead atoms. The lowest BCUT2D eigenvalue weighted by atomic mass is 10.0. The highest BCUT2D eigenvalue weighted by Gasteiger charge is 2.35. The number of benzene rings is 3. The maximum atomic E-state index is 12.9. The predicted octanol–water partition coefficient (Wildman–Crippen LogP) is 5.00. The molecule has 1 N–H and O–H groups in total. The van der Waals surface area contributed by atoms with Crippen LogP contribution in [-0.4, -0.2) is 29.2 Å². The van der Waals surface area contributed by atoms with Crippen LogP contribution < -0.4 is 5.32 Å². The third kappa shape index (κ3) is 3.62. The van der Waals surface area contributed by atoms with E-state index in [-0.39, 0.29) is 17.7 Å². The number of hydrogen-bond acceptors (Lipinski definition) is 3. The van der Waals surface area contributed by atoms with Gasteiger partial charge in [-0.1, -0.05) is 61.9 Å². The number of imide groups is 1. The van der Waals surface area contributed by atoms with Gasteiger partial charge >= 0.3 is 0 Å². The lowest BCUT2D eigenvalue weighted by Crippen LogP contribution is -2.30. The molecule has 1 heterocycles. The Morgan fingerprint density at radius 1 is 0.833 bits per heavy atom. The molecule has 0 fully saturated rings. The first-order chi connectivity index (χ1) is 14.6. The van der Waals surface area contributed by atoms with Crippen LogP contribution in [-0.2, 0) is 0 Å². The number of anilines is 1. The van der Waals surface area contributed by atoms with Crippen LogP contribution in [0.15, 0.2) is 72.8 Å². The van der Waals surface area contributed by atoms with Crippen molar-refractivity contribution in [1.82, 2.24) is 4.90 Å². The summed E-state index contributed by atoms with van der Waals surface area (Å²) in [5.74, 6) is -0.943. The van der Waals surface area contributed by atoms with Gasteiger partial charge in [-0.3, -0.25) is 19.3 Å². The van der Waals surface area contributed by atoms with E-state index in [2.05, 4.69) is 5.32 Å². The van der Waals surface area contributed by atoms with E-state index in [4.69, 9.17) is 0 Å². The Kier molecular flexibility index (Phi) is 5.44. The van der Waals surface area contributed by atoms with Gasteiger partial charge in [0.2, 0.25) is 0 Å². The standard InChI is InChI=1S/C25H22N2O3/c1-2-3-15-27-24(29)20-14-13-18(16-21(20)25(27)30)23(28)26-22-12-8-7-11-19(22)17-9-5-4-6-10-17/h4-14,16H,2-3,15H2,1H3,(H,26,28). The lowest BCUT2D eigenvalue weighted by Gasteiger charge is -2.12. The largest absolute Gasteiger partial charge is 0.321 e. The molecule has 0 spiro atoms. The summed E-state index contributed by atoms with van der Waals surface area (Å²) in [6.07, 6.45) is 1.65. The van der Waals surface area contributed by atoms with Crippen molar-refractivity contribution in [2.45, 2.75) is 19.8 Å². The minimum Gasteiger partial charge on any atom is -0.321 e. The Morgan fingerprint density at radius 2 is 1.53 bits per heavy atom. The highest BCUT2D eigenvalue weighted by atomic mass is 16.2. The second kappa shape index (κ2) is 8.33. The van der Waals surface area contributed by atoms with Gasteiger partial charge in [0.05, 0.1) is 11.1 Å². The molecule has 4 rings (SSSR count). The molecule has 3 amide bonds. The molecule has 0 saturated heterocycles. The lowest BCUT2D eigenvalue weighted by molar-refractivity contribution is 0.0652. The van der Waals surface area contributed by atoms with Crippen molar-refractivity contribution < 1.29 is 14.4 Å². The number of carbonyl (C=O) groups excluding carboxylic acids is 3. The van der Waals surface area contributed by atoms with E-state index in [1.54, 1.807) is 12.1 Å². The summed E-state index contributed by atoms with van der Waals surface area (Å²) in [6, 6.07) is 22.0. The number of para-hydroxylation sites is 1. The first kappa shape index (κ1) is 19.6. The van der Waals surface area contributed by atoms with E-state index in [1.165, 1.54) is 11.0 Å². The van der Waals surface area contributed by atoms with Crippen LogP contribution in [0.25, 0.3) is 11.1 Å². The van der Waals surface area contributed by atoms with Gasteiger partial charge in [-0.2, -0.15) is 0 Å². The minimum atomic E-state index is -0.331. The molecule has 0 aromatic heterocycles. The minimum absolute atomic E-state index is 0.287. The quantitative estimate of drug-likeness (QED) is 0.594. The number of carbonyl (C=O) groups is 3. The van der Waals surface area contributed by atoms with Crippen LogP contribution in [0.3, 0.4) is 0 Å². The molecule has 1 aliphatic rings. The van der Waals surface area contributed by atoms with Crippen molar-refractivity contribution in [1.29, 1.82) is 0 Å². The van der Waals surface area contributed by atoms with Gasteiger partial charge in [-0.25, -0.2) is 0 Å². The van der Waals surface area contributed by atoms with Crippen LogP contribution in [0.2, 0.25) is 0 Å². The van der Waals surface area contributed by atoms with Crippen molar-refractivity contribution >= 4 is 23.4 Å². The maximum absolute atomic E-state index is 12.9. The molecule has 150 valence electrons. The SMILES string of the molecule is CCCCN1C(=O)c2ccc(C(=O)Nc3ccccc3-c3ccccc3)cc2C1=O. The van der Waals surface area contributed by atoms with E-state index < -0.39 is 0 Å². The molecular formula is C25H22N2O3. The summed E-state index contributed by atoms with van der Waals surface area (Å²) < 4.78 is 0. The number of amides is 3. The second-order valence-electron chi connectivity index (χ2n) is 7.24. The van der Waals surface area contributed by atoms with E-state index in [0.717, 1.165) is 24.0 Å². The first-order valence-corrected chi connectivity index (χ1v) is 10.1. The molecule has 3 aromatic rings. The Bertz CT molecular complexity index is 1120. The highest BCUT2D eigenvalue weighted by molar-refractivity contribution is 6.22. The van der Waals surface area contributed by atoms with Crippen LogP contribution in [0.1, 0.15) is 50.8 Å². The summed E-state index contributed by atoms with van der Waals surface area (Å²) in [6.45, 7) is 2.41. The average molecular weight is 398 g/mol. The van der Waals surface area contributed by atoms with Crippen molar-refractivity contribution in [3.63, 3.8) is 0 Å². The summed E-state index contributed by atoms with van der Waals surface area (Å²) in [7, 11) is 0. The summed E-state index contributed by atoms with van der Waals surface area (Å²) in [5.41, 5.74) is 3.58. The molecule has 5 heteroatoms. The topological polar surface area (TPSA) is 66.5 Å². The zero-order chi connectivity index (χ0) is 21.1. The molecule has 5 nitrogen and oxygen atoms in total. The number of fused-ring (bicyclic) bond motifs is 1. The molecule has 0 atom stereocenters. The Balaban J connectivity index is 1.60. The Hall–Kier alpha value is -3.73. The Morgan fingerprint density at radius 3 is 2.30 bits per heavy atom. The van der Waals surface area contributed by atoms with E-state index >= 15 is 0 Å². The fourth-order valence-corrected chi connectivity index (χ4v) is 3.61. The Labute approximate surface area is 175 Å². The molecule has 3 aromatic carbocycles. The van der Waals surface area contributed by atoms with Gasteiger partial charge in [-0.15, -0.1) is 0 Å². The number of hydrogen-bond donors (Lipinski definition) is 1. The summed E-state index contributed by atoms with van der Waals surface area (Å²) in [5, 5.41) is 2.94. The molecule has 0 radical (unpaired) electrons. The second-order valence-corrected chi connectivity index (χ2v) is 7.24. The van der Waals surface area contributed by atoms with Crippen LogP contribution in [0, 0.1) is 0 Å². The monoisotopic (exact) mass is 398 g/mol. The maximum Gasteiger partial charge on any atom is 0.261 e. The number of unbranched alkanes of at least 4 members (excludes halogenated alkanes) is 1. The van der Waals surface area contributed by atoms with Gasteiger partial charge < -0.3 is 5.32 Å². The number of nitrogens with one attached hydrogen (secondary N) is 1. The average Bonchev–Trinajstić information content (AvgIpc) is 3.02. The predicted molar refractivity (Wildman–Crippen MR) is 117 cm³/mol. The zero-order valence-corrected chi connectivity index (χ0v) is 16.7. The molecule has 1 aliphatic heterocycles. The van der Waals surface area contributed by atoms with Gasteiger partial charge in [0.25, 0.3) is 17.7 Å². The molecule has 0 saturated carbocycles. The molecule has 0 unspecified atom stereocenters. The summed E-state index contributed by atoms with van der Waals surface area (Å²) >= 11 is 0. The first-order valence-electron chi connectivity index (χ1n) is 10.1. The number of rotatable bonds is 6. The fourth-order valence-electron chi connectivity index (χ4n) is 3.61. The molecule has 30 heavy (non-hydrogen) atoms. The van der Waals surface area contributed by atoms with Gasteiger partial charge in [0, 0.05) is 23.4 Å². The van der Waals surface area contributed by atoms with E-state index in [0.29, 0.717) is 28.9 Å². The van der Waals surface area contributed by atoms with Crippen LogP contribution in [0.4, 0.5) is 5.69 Å². The van der Waals surface area contributed by atoms with E-state index in [1.807, 2.05) is 61.5 Å². The van der Waals surface area contributed by atoms with Gasteiger partial charge in [0.15, 0.2) is 0 Å².